The molecule has 6 nitrogen and oxygen atoms in total. The molecule has 3 amide bonds. The maximum Gasteiger partial charge on any atom is 0.325 e. The molecule has 2 unspecified atom stereocenters. The Hall–Kier alpha value is -2.11. The van der Waals surface area contributed by atoms with Crippen molar-refractivity contribution < 1.29 is 14.4 Å². The van der Waals surface area contributed by atoms with Crippen LogP contribution in [0.4, 0.5) is 4.79 Å². The van der Waals surface area contributed by atoms with Crippen LogP contribution in [0, 0.1) is 11.3 Å². The first-order chi connectivity index (χ1) is 10.7. The van der Waals surface area contributed by atoms with Crippen molar-refractivity contribution in [3.8, 4) is 0 Å². The number of imide groups is 1. The van der Waals surface area contributed by atoms with Gasteiger partial charge in [0, 0.05) is 6.20 Å². The van der Waals surface area contributed by atoms with Crippen LogP contribution < -0.4 is 5.32 Å². The highest BCUT2D eigenvalue weighted by molar-refractivity contribution is 6.11. The molecular weight excluding hydrogens is 294 g/mol. The standard InChI is InChI=1S/C17H23N3O3/c1-11-7-16(2,3)10-17(8-11)14(22)20(15(23)19-17)9-13(21)12-5-4-6-18-12/h4-6,11,18H,7-10H2,1-3H3,(H,19,23). The Bertz CT molecular complexity index is 650. The molecule has 1 aliphatic heterocycles. The SMILES string of the molecule is CC1CC(C)(C)CC2(C1)NC(=O)N(CC(=O)c1ccc[nH]1)C2=O. The van der Waals surface area contributed by atoms with E-state index >= 15 is 0 Å². The minimum atomic E-state index is -0.853. The molecule has 3 rings (SSSR count). The summed E-state index contributed by atoms with van der Waals surface area (Å²) in [5.41, 5.74) is -0.460. The molecule has 1 saturated heterocycles. The van der Waals surface area contributed by atoms with E-state index < -0.39 is 11.6 Å². The van der Waals surface area contributed by atoms with Gasteiger partial charge in [-0.25, -0.2) is 4.79 Å². The third-order valence-corrected chi connectivity index (χ3v) is 4.82. The fourth-order valence-electron chi connectivity index (χ4n) is 4.38. The Morgan fingerprint density at radius 3 is 2.70 bits per heavy atom. The number of ketones is 1. The van der Waals surface area contributed by atoms with Crippen molar-refractivity contribution in [2.24, 2.45) is 11.3 Å². The van der Waals surface area contributed by atoms with Crippen molar-refractivity contribution in [1.29, 1.82) is 0 Å². The van der Waals surface area contributed by atoms with E-state index in [4.69, 9.17) is 0 Å². The number of nitrogens with zero attached hydrogens (tertiary/aromatic N) is 1. The lowest BCUT2D eigenvalue weighted by Crippen LogP contribution is -2.54. The molecule has 6 heteroatoms. The maximum absolute atomic E-state index is 12.9. The highest BCUT2D eigenvalue weighted by Crippen LogP contribution is 2.46. The highest BCUT2D eigenvalue weighted by atomic mass is 16.2. The first-order valence-electron chi connectivity index (χ1n) is 8.03. The normalized spacial score (nSPS) is 29.9. The molecule has 1 spiro atoms. The number of carbonyl (C=O) groups excluding carboxylic acids is 3. The number of hydrogen-bond acceptors (Lipinski definition) is 3. The van der Waals surface area contributed by atoms with E-state index in [1.165, 1.54) is 0 Å². The fraction of sp³-hybridized carbons (Fsp3) is 0.588. The second-order valence-electron chi connectivity index (χ2n) is 7.76. The molecule has 1 aliphatic carbocycles. The summed E-state index contributed by atoms with van der Waals surface area (Å²) in [6, 6.07) is 2.90. The Morgan fingerprint density at radius 2 is 2.09 bits per heavy atom. The monoisotopic (exact) mass is 317 g/mol. The summed E-state index contributed by atoms with van der Waals surface area (Å²) >= 11 is 0. The number of nitrogens with one attached hydrogen (secondary N) is 2. The van der Waals surface area contributed by atoms with Gasteiger partial charge in [-0.15, -0.1) is 0 Å². The van der Waals surface area contributed by atoms with Gasteiger partial charge in [0.05, 0.1) is 12.2 Å². The summed E-state index contributed by atoms with van der Waals surface area (Å²) < 4.78 is 0. The van der Waals surface area contributed by atoms with Crippen LogP contribution in [0.5, 0.6) is 0 Å². The van der Waals surface area contributed by atoms with E-state index in [0.29, 0.717) is 24.5 Å². The van der Waals surface area contributed by atoms with Gasteiger partial charge in [-0.3, -0.25) is 14.5 Å². The predicted molar refractivity (Wildman–Crippen MR) is 84.9 cm³/mol. The van der Waals surface area contributed by atoms with Gasteiger partial charge in [-0.2, -0.15) is 0 Å². The molecule has 0 aromatic carbocycles. The molecule has 0 radical (unpaired) electrons. The van der Waals surface area contributed by atoms with Crippen LogP contribution in [0.1, 0.15) is 50.5 Å². The number of H-pyrrole nitrogens is 1. The molecule has 1 aromatic heterocycles. The Labute approximate surface area is 135 Å². The third-order valence-electron chi connectivity index (χ3n) is 4.82. The number of aromatic nitrogens is 1. The highest BCUT2D eigenvalue weighted by Gasteiger charge is 2.56. The zero-order valence-corrected chi connectivity index (χ0v) is 13.8. The molecule has 2 heterocycles. The van der Waals surface area contributed by atoms with Crippen LogP contribution in [-0.2, 0) is 4.79 Å². The number of amides is 3. The third kappa shape index (κ3) is 2.78. The van der Waals surface area contributed by atoms with E-state index in [2.05, 4.69) is 31.1 Å². The van der Waals surface area contributed by atoms with Crippen molar-refractivity contribution in [2.45, 2.75) is 45.6 Å². The summed E-state index contributed by atoms with van der Waals surface area (Å²) in [6.45, 7) is 6.13. The zero-order chi connectivity index (χ0) is 16.8. The van der Waals surface area contributed by atoms with Gasteiger partial charge in [0.2, 0.25) is 0 Å². The number of aromatic amines is 1. The summed E-state index contributed by atoms with van der Waals surface area (Å²) in [7, 11) is 0. The lowest BCUT2D eigenvalue weighted by atomic mass is 9.64. The van der Waals surface area contributed by atoms with Crippen LogP contribution in [0.25, 0.3) is 0 Å². The number of hydrogen-bond donors (Lipinski definition) is 2. The molecule has 2 fully saturated rings. The molecule has 1 saturated carbocycles. The predicted octanol–water partition coefficient (Wildman–Crippen LogP) is 2.33. The Kier molecular flexibility index (Phi) is 3.58. The Morgan fingerprint density at radius 1 is 1.35 bits per heavy atom. The van der Waals surface area contributed by atoms with E-state index in [0.717, 1.165) is 11.3 Å². The average molecular weight is 317 g/mol. The molecule has 1 aromatic rings. The van der Waals surface area contributed by atoms with Crippen LogP contribution in [0.2, 0.25) is 0 Å². The number of urea groups is 1. The summed E-state index contributed by atoms with van der Waals surface area (Å²) in [4.78, 5) is 41.3. The quantitative estimate of drug-likeness (QED) is 0.663. The van der Waals surface area contributed by atoms with Gasteiger partial charge < -0.3 is 10.3 Å². The summed E-state index contributed by atoms with van der Waals surface area (Å²) in [5.74, 6) is -0.178. The average Bonchev–Trinajstić information content (AvgIpc) is 3.00. The summed E-state index contributed by atoms with van der Waals surface area (Å²) in [6.07, 6.45) is 3.92. The van der Waals surface area contributed by atoms with Crippen LogP contribution in [0.15, 0.2) is 18.3 Å². The van der Waals surface area contributed by atoms with Crippen molar-refractivity contribution in [2.75, 3.05) is 6.54 Å². The fourth-order valence-corrected chi connectivity index (χ4v) is 4.38. The van der Waals surface area contributed by atoms with Crippen molar-refractivity contribution in [3.05, 3.63) is 24.0 Å². The molecule has 23 heavy (non-hydrogen) atoms. The topological polar surface area (TPSA) is 82.3 Å². The smallest absolute Gasteiger partial charge is 0.325 e. The van der Waals surface area contributed by atoms with Gasteiger partial charge >= 0.3 is 6.03 Å². The van der Waals surface area contributed by atoms with Crippen molar-refractivity contribution in [3.63, 3.8) is 0 Å². The second-order valence-corrected chi connectivity index (χ2v) is 7.76. The van der Waals surface area contributed by atoms with Gasteiger partial charge in [0.25, 0.3) is 5.91 Å². The Balaban J connectivity index is 1.81. The zero-order valence-electron chi connectivity index (χ0n) is 13.8. The van der Waals surface area contributed by atoms with Crippen molar-refractivity contribution in [1.82, 2.24) is 15.2 Å². The van der Waals surface area contributed by atoms with E-state index in [1.807, 2.05) is 0 Å². The minimum absolute atomic E-state index is 0.0138. The summed E-state index contributed by atoms with van der Waals surface area (Å²) in [5, 5.41) is 2.88. The minimum Gasteiger partial charge on any atom is -0.359 e. The lowest BCUT2D eigenvalue weighted by Gasteiger charge is -2.43. The molecule has 2 N–H and O–H groups in total. The van der Waals surface area contributed by atoms with E-state index in [1.54, 1.807) is 18.3 Å². The van der Waals surface area contributed by atoms with Crippen LogP contribution >= 0.6 is 0 Å². The number of Topliss-reactive ketones (excluding diaryl/α,β-unsaturated/α-hetero) is 1. The van der Waals surface area contributed by atoms with E-state index in [9.17, 15) is 14.4 Å². The van der Waals surface area contributed by atoms with Crippen LogP contribution in [-0.4, -0.2) is 39.7 Å². The van der Waals surface area contributed by atoms with Gasteiger partial charge in [-0.1, -0.05) is 20.8 Å². The molecule has 2 aliphatic rings. The molecule has 124 valence electrons. The first-order valence-corrected chi connectivity index (χ1v) is 8.03. The number of carbonyl (C=O) groups is 3. The van der Waals surface area contributed by atoms with Gasteiger partial charge in [-0.05, 0) is 42.7 Å². The molecular formula is C17H23N3O3. The molecule has 0 bridgehead atoms. The lowest BCUT2D eigenvalue weighted by molar-refractivity contribution is -0.134. The van der Waals surface area contributed by atoms with Crippen LogP contribution in [0.3, 0.4) is 0 Å². The van der Waals surface area contributed by atoms with E-state index in [-0.39, 0.29) is 23.7 Å². The first kappa shape index (κ1) is 15.8. The largest absolute Gasteiger partial charge is 0.359 e. The van der Waals surface area contributed by atoms with Crippen molar-refractivity contribution >= 4 is 17.7 Å². The second kappa shape index (κ2) is 5.22. The molecule has 2 atom stereocenters. The maximum atomic E-state index is 12.9. The number of rotatable bonds is 3. The van der Waals surface area contributed by atoms with Gasteiger partial charge in [0.15, 0.2) is 5.78 Å². The van der Waals surface area contributed by atoms with Gasteiger partial charge in [0.1, 0.15) is 5.54 Å².